The van der Waals surface area contributed by atoms with Gasteiger partial charge in [-0.05, 0) is 24.2 Å². The van der Waals surface area contributed by atoms with E-state index in [1.54, 1.807) is 19.3 Å². The Morgan fingerprint density at radius 1 is 1.24 bits per heavy atom. The van der Waals surface area contributed by atoms with E-state index in [0.29, 0.717) is 5.95 Å². The third-order valence-electron chi connectivity index (χ3n) is 2.77. The lowest BCUT2D eigenvalue weighted by Gasteiger charge is -2.36. The molecule has 3 nitrogen and oxygen atoms in total. The minimum atomic E-state index is -1.90. The van der Waals surface area contributed by atoms with E-state index < -0.39 is 8.32 Å². The molecule has 4 heteroatoms. The number of ether oxygens (including phenoxy) is 2. The van der Waals surface area contributed by atoms with Gasteiger partial charge in [0.1, 0.15) is 0 Å². The minimum Gasteiger partial charge on any atom is -0.516 e. The summed E-state index contributed by atoms with van der Waals surface area (Å²) in [6, 6.07) is 0. The van der Waals surface area contributed by atoms with Gasteiger partial charge < -0.3 is 13.9 Å². The molecule has 0 atom stereocenters. The molecule has 0 spiro atoms. The standard InChI is InChI=1S/C13H24O3Si/c1-8-9-10-15-12(11-14-5)16-17(6,7)13(2,3)4/h8-11H,1H2,2-7H3/b10-9+,12-11-. The first-order valence-corrected chi connectivity index (χ1v) is 8.51. The van der Waals surface area contributed by atoms with Crippen molar-refractivity contribution in [3.8, 4) is 0 Å². The van der Waals surface area contributed by atoms with E-state index in [9.17, 15) is 0 Å². The number of rotatable bonds is 6. The molecule has 0 aromatic carbocycles. The van der Waals surface area contributed by atoms with Crippen LogP contribution in [0.3, 0.4) is 0 Å². The molecule has 0 N–H and O–H groups in total. The van der Waals surface area contributed by atoms with Crippen molar-refractivity contribution in [2.45, 2.75) is 38.9 Å². The molecule has 0 amide bonds. The highest BCUT2D eigenvalue weighted by Gasteiger charge is 2.40. The summed E-state index contributed by atoms with van der Waals surface area (Å²) in [5.41, 5.74) is 0. The van der Waals surface area contributed by atoms with E-state index in [1.807, 2.05) is 0 Å². The van der Waals surface area contributed by atoms with Crippen molar-refractivity contribution in [2.75, 3.05) is 7.11 Å². The summed E-state index contributed by atoms with van der Waals surface area (Å²) < 4.78 is 16.3. The van der Waals surface area contributed by atoms with Crippen molar-refractivity contribution in [2.24, 2.45) is 0 Å². The molecule has 98 valence electrons. The van der Waals surface area contributed by atoms with E-state index in [4.69, 9.17) is 13.9 Å². The maximum absolute atomic E-state index is 5.96. The molecule has 0 bridgehead atoms. The molecule has 17 heavy (non-hydrogen) atoms. The van der Waals surface area contributed by atoms with E-state index in [2.05, 4.69) is 40.4 Å². The molecule has 0 aromatic heterocycles. The van der Waals surface area contributed by atoms with Gasteiger partial charge in [0.05, 0.1) is 13.4 Å². The Morgan fingerprint density at radius 3 is 2.24 bits per heavy atom. The summed E-state index contributed by atoms with van der Waals surface area (Å²) in [4.78, 5) is 0. The van der Waals surface area contributed by atoms with Gasteiger partial charge in [0.2, 0.25) is 0 Å². The molecule has 0 aliphatic heterocycles. The molecule has 0 unspecified atom stereocenters. The van der Waals surface area contributed by atoms with Crippen LogP contribution in [-0.2, 0) is 13.9 Å². The van der Waals surface area contributed by atoms with Crippen LogP contribution in [0.4, 0.5) is 0 Å². The van der Waals surface area contributed by atoms with Crippen LogP contribution in [0.5, 0.6) is 0 Å². The van der Waals surface area contributed by atoms with Gasteiger partial charge in [0, 0.05) is 0 Å². The Hall–Kier alpha value is -1.16. The zero-order valence-electron chi connectivity index (χ0n) is 11.7. The highest BCUT2D eigenvalue weighted by atomic mass is 28.4. The monoisotopic (exact) mass is 256 g/mol. The molecule has 0 rings (SSSR count). The van der Waals surface area contributed by atoms with E-state index in [1.165, 1.54) is 12.5 Å². The average molecular weight is 256 g/mol. The molecule has 0 heterocycles. The van der Waals surface area contributed by atoms with Crippen LogP contribution in [-0.4, -0.2) is 15.4 Å². The molecule has 0 saturated carbocycles. The highest BCUT2D eigenvalue weighted by molar-refractivity contribution is 6.74. The summed E-state index contributed by atoms with van der Waals surface area (Å²) in [6.07, 6.45) is 6.31. The van der Waals surface area contributed by atoms with E-state index in [-0.39, 0.29) is 5.04 Å². The fraction of sp³-hybridized carbons (Fsp3) is 0.538. The van der Waals surface area contributed by atoms with Crippen molar-refractivity contribution in [1.82, 2.24) is 0 Å². The number of hydrogen-bond donors (Lipinski definition) is 0. The fourth-order valence-corrected chi connectivity index (χ4v) is 1.64. The van der Waals surface area contributed by atoms with E-state index >= 15 is 0 Å². The SMILES string of the molecule is C=C/C=C/O/C(=C/OC)O[Si](C)(C)C(C)(C)C. The highest BCUT2D eigenvalue weighted by Crippen LogP contribution is 2.38. The molecule has 0 aliphatic carbocycles. The van der Waals surface area contributed by atoms with Gasteiger partial charge in [-0.2, -0.15) is 0 Å². The van der Waals surface area contributed by atoms with Gasteiger partial charge in [0.15, 0.2) is 6.26 Å². The molecule has 0 saturated heterocycles. The van der Waals surface area contributed by atoms with Gasteiger partial charge in [-0.1, -0.05) is 33.4 Å². The van der Waals surface area contributed by atoms with Crippen LogP contribution in [0, 0.1) is 0 Å². The third kappa shape index (κ3) is 5.63. The summed E-state index contributed by atoms with van der Waals surface area (Å²) in [5.74, 6) is 0.386. The lowest BCUT2D eigenvalue weighted by atomic mass is 10.2. The maximum Gasteiger partial charge on any atom is 0.306 e. The first-order valence-electron chi connectivity index (χ1n) is 5.61. The Morgan fingerprint density at radius 2 is 1.82 bits per heavy atom. The number of allylic oxidation sites excluding steroid dienone is 2. The summed E-state index contributed by atoms with van der Waals surface area (Å²) in [7, 11) is -0.333. The van der Waals surface area contributed by atoms with Crippen LogP contribution in [0.15, 0.2) is 37.2 Å². The second-order valence-electron chi connectivity index (χ2n) is 5.22. The fourth-order valence-electron chi connectivity index (χ4n) is 0.739. The first-order chi connectivity index (χ1) is 7.74. The number of hydrogen-bond acceptors (Lipinski definition) is 3. The lowest BCUT2D eigenvalue weighted by molar-refractivity contribution is 0.148. The van der Waals surface area contributed by atoms with Gasteiger partial charge in [0.25, 0.3) is 8.32 Å². The largest absolute Gasteiger partial charge is 0.516 e. The smallest absolute Gasteiger partial charge is 0.306 e. The Balaban J connectivity index is 4.72. The van der Waals surface area contributed by atoms with Crippen molar-refractivity contribution < 1.29 is 13.9 Å². The third-order valence-corrected chi connectivity index (χ3v) is 7.10. The zero-order chi connectivity index (χ0) is 13.5. The second-order valence-corrected chi connectivity index (χ2v) is 9.94. The normalized spacial score (nSPS) is 13.6. The van der Waals surface area contributed by atoms with Crippen LogP contribution in [0.25, 0.3) is 0 Å². The predicted octanol–water partition coefficient (Wildman–Crippen LogP) is 4.17. The minimum absolute atomic E-state index is 0.116. The Labute approximate surface area is 106 Å². The van der Waals surface area contributed by atoms with Crippen molar-refractivity contribution >= 4 is 8.32 Å². The van der Waals surface area contributed by atoms with E-state index in [0.717, 1.165) is 0 Å². The van der Waals surface area contributed by atoms with Gasteiger partial charge in [-0.3, -0.25) is 0 Å². The molecule has 0 fully saturated rings. The summed E-state index contributed by atoms with van der Waals surface area (Å²) >= 11 is 0. The van der Waals surface area contributed by atoms with Crippen molar-refractivity contribution in [3.63, 3.8) is 0 Å². The Bertz CT molecular complexity index is 298. The average Bonchev–Trinajstić information content (AvgIpc) is 2.16. The topological polar surface area (TPSA) is 27.7 Å². The van der Waals surface area contributed by atoms with Gasteiger partial charge in [-0.15, -0.1) is 0 Å². The number of methoxy groups -OCH3 is 1. The van der Waals surface area contributed by atoms with Crippen LogP contribution < -0.4 is 0 Å². The van der Waals surface area contributed by atoms with Crippen molar-refractivity contribution in [1.29, 1.82) is 0 Å². The summed E-state index contributed by atoms with van der Waals surface area (Å²) in [6.45, 7) is 14.4. The molecule has 0 aliphatic rings. The summed E-state index contributed by atoms with van der Waals surface area (Å²) in [5, 5.41) is 0.116. The molecular weight excluding hydrogens is 232 g/mol. The van der Waals surface area contributed by atoms with Gasteiger partial charge in [-0.25, -0.2) is 0 Å². The maximum atomic E-state index is 5.96. The van der Waals surface area contributed by atoms with Gasteiger partial charge >= 0.3 is 5.95 Å². The molecule has 0 radical (unpaired) electrons. The van der Waals surface area contributed by atoms with Crippen molar-refractivity contribution in [3.05, 3.63) is 37.2 Å². The Kier molecular flexibility index (Phi) is 6.10. The van der Waals surface area contributed by atoms with Crippen LogP contribution in [0.2, 0.25) is 18.1 Å². The van der Waals surface area contributed by atoms with Crippen LogP contribution in [0.1, 0.15) is 20.8 Å². The predicted molar refractivity (Wildman–Crippen MR) is 73.8 cm³/mol. The zero-order valence-corrected chi connectivity index (χ0v) is 12.7. The first kappa shape index (κ1) is 15.8. The van der Waals surface area contributed by atoms with Crippen LogP contribution >= 0.6 is 0 Å². The molecule has 0 aromatic rings. The molecular formula is C13H24O3Si. The quantitative estimate of drug-likeness (QED) is 0.405. The lowest BCUT2D eigenvalue weighted by Crippen LogP contribution is -2.40. The second kappa shape index (κ2) is 6.54.